The molecule has 2 rings (SSSR count). The van der Waals surface area contributed by atoms with Crippen LogP contribution in [0, 0.1) is 17.8 Å². The molecule has 0 spiro atoms. The molecule has 0 radical (unpaired) electrons. The van der Waals surface area contributed by atoms with Gasteiger partial charge in [0, 0.05) is 19.0 Å². The number of amides is 1. The highest BCUT2D eigenvalue weighted by atomic mass is 16.1. The van der Waals surface area contributed by atoms with Crippen LogP contribution in [-0.4, -0.2) is 50.1 Å². The highest BCUT2D eigenvalue weighted by Gasteiger charge is 2.28. The van der Waals surface area contributed by atoms with Crippen molar-refractivity contribution in [2.24, 2.45) is 17.8 Å². The van der Waals surface area contributed by atoms with E-state index in [9.17, 15) is 4.79 Å². The molecule has 2 N–H and O–H groups in total. The average molecular weight is 253 g/mol. The molecule has 104 valence electrons. The van der Waals surface area contributed by atoms with Gasteiger partial charge in [0.2, 0.25) is 5.91 Å². The fraction of sp³-hybridized carbons (Fsp3) is 0.929. The fourth-order valence-corrected chi connectivity index (χ4v) is 2.78. The van der Waals surface area contributed by atoms with Crippen LogP contribution in [0.4, 0.5) is 0 Å². The number of nitrogens with one attached hydrogen (secondary N) is 2. The van der Waals surface area contributed by atoms with E-state index in [1.54, 1.807) is 0 Å². The molecule has 0 bridgehead atoms. The summed E-state index contributed by atoms with van der Waals surface area (Å²) >= 11 is 0. The van der Waals surface area contributed by atoms with E-state index in [0.29, 0.717) is 11.8 Å². The van der Waals surface area contributed by atoms with Crippen LogP contribution >= 0.6 is 0 Å². The Balaban J connectivity index is 1.61. The molecule has 2 aliphatic rings. The third-order valence-electron chi connectivity index (χ3n) is 4.33. The number of hydrogen-bond donors (Lipinski definition) is 2. The van der Waals surface area contributed by atoms with Crippen molar-refractivity contribution in [2.45, 2.75) is 26.7 Å². The number of nitrogens with zero attached hydrogens (tertiary/aromatic N) is 1. The lowest BCUT2D eigenvalue weighted by atomic mass is 9.88. The van der Waals surface area contributed by atoms with Gasteiger partial charge in [0.05, 0.1) is 0 Å². The van der Waals surface area contributed by atoms with E-state index in [2.05, 4.69) is 22.5 Å². The molecule has 2 heterocycles. The van der Waals surface area contributed by atoms with Crippen molar-refractivity contribution >= 4 is 5.91 Å². The van der Waals surface area contributed by atoms with E-state index < -0.39 is 0 Å². The van der Waals surface area contributed by atoms with Crippen LogP contribution in [0.2, 0.25) is 0 Å². The molecule has 4 heteroatoms. The predicted octanol–water partition coefficient (Wildman–Crippen LogP) is 0.690. The van der Waals surface area contributed by atoms with E-state index in [-0.39, 0.29) is 11.8 Å². The van der Waals surface area contributed by atoms with Crippen molar-refractivity contribution in [1.82, 2.24) is 15.5 Å². The second kappa shape index (κ2) is 6.53. The third-order valence-corrected chi connectivity index (χ3v) is 4.33. The number of hydrogen-bond acceptors (Lipinski definition) is 3. The Hall–Kier alpha value is -0.610. The Labute approximate surface area is 110 Å². The van der Waals surface area contributed by atoms with Gasteiger partial charge in [-0.1, -0.05) is 13.8 Å². The summed E-state index contributed by atoms with van der Waals surface area (Å²) < 4.78 is 0. The van der Waals surface area contributed by atoms with Gasteiger partial charge in [0.1, 0.15) is 0 Å². The molecule has 2 atom stereocenters. The van der Waals surface area contributed by atoms with Crippen molar-refractivity contribution < 1.29 is 4.79 Å². The first-order chi connectivity index (χ1) is 8.66. The van der Waals surface area contributed by atoms with Crippen LogP contribution in [0.1, 0.15) is 26.7 Å². The van der Waals surface area contributed by atoms with E-state index in [1.165, 1.54) is 25.9 Å². The predicted molar refractivity (Wildman–Crippen MR) is 73.4 cm³/mol. The van der Waals surface area contributed by atoms with Crippen molar-refractivity contribution in [1.29, 1.82) is 0 Å². The van der Waals surface area contributed by atoms with E-state index in [4.69, 9.17) is 0 Å². The van der Waals surface area contributed by atoms with Gasteiger partial charge < -0.3 is 15.5 Å². The van der Waals surface area contributed by atoms with Crippen LogP contribution in [0.15, 0.2) is 0 Å². The smallest absolute Gasteiger partial charge is 0.223 e. The first-order valence-corrected chi connectivity index (χ1v) is 7.37. The first-order valence-electron chi connectivity index (χ1n) is 7.37. The molecule has 2 saturated heterocycles. The minimum Gasteiger partial charge on any atom is -0.356 e. The van der Waals surface area contributed by atoms with Crippen LogP contribution in [0.5, 0.6) is 0 Å². The van der Waals surface area contributed by atoms with Crippen molar-refractivity contribution in [3.63, 3.8) is 0 Å². The lowest BCUT2D eigenvalue weighted by Gasteiger charge is -2.32. The van der Waals surface area contributed by atoms with Gasteiger partial charge in [0.25, 0.3) is 0 Å². The van der Waals surface area contributed by atoms with Gasteiger partial charge in [-0.2, -0.15) is 0 Å². The van der Waals surface area contributed by atoms with E-state index >= 15 is 0 Å². The molecule has 0 saturated carbocycles. The number of carbonyl (C=O) groups excluding carboxylic acids is 1. The first kappa shape index (κ1) is 13.8. The molecule has 4 nitrogen and oxygen atoms in total. The van der Waals surface area contributed by atoms with E-state index in [0.717, 1.165) is 26.2 Å². The lowest BCUT2D eigenvalue weighted by molar-refractivity contribution is -0.126. The Kier molecular flexibility index (Phi) is 5.01. The molecule has 0 aromatic rings. The molecular formula is C14H27N3O. The SMILES string of the molecule is CC(CNC(=O)C(C)C1CNC1)CN1CCCC1. The molecular weight excluding hydrogens is 226 g/mol. The summed E-state index contributed by atoms with van der Waals surface area (Å²) in [6, 6.07) is 0. The highest BCUT2D eigenvalue weighted by Crippen LogP contribution is 2.16. The molecule has 2 aliphatic heterocycles. The number of carbonyl (C=O) groups is 1. The summed E-state index contributed by atoms with van der Waals surface area (Å²) in [6.45, 7) is 10.7. The second-order valence-corrected chi connectivity index (χ2v) is 6.07. The van der Waals surface area contributed by atoms with Gasteiger partial charge >= 0.3 is 0 Å². The highest BCUT2D eigenvalue weighted by molar-refractivity contribution is 5.78. The molecule has 0 aromatic heterocycles. The minimum absolute atomic E-state index is 0.158. The molecule has 0 aromatic carbocycles. The van der Waals surface area contributed by atoms with Crippen molar-refractivity contribution in [2.75, 3.05) is 39.3 Å². The zero-order valence-electron chi connectivity index (χ0n) is 11.7. The largest absolute Gasteiger partial charge is 0.356 e. The summed E-state index contributed by atoms with van der Waals surface area (Å²) in [7, 11) is 0. The zero-order chi connectivity index (χ0) is 13.0. The lowest BCUT2D eigenvalue weighted by Crippen LogP contribution is -2.50. The minimum atomic E-state index is 0.158. The topological polar surface area (TPSA) is 44.4 Å². The van der Waals surface area contributed by atoms with Gasteiger partial charge in [-0.05, 0) is 50.9 Å². The van der Waals surface area contributed by atoms with E-state index in [1.807, 2.05) is 6.92 Å². The average Bonchev–Trinajstić information content (AvgIpc) is 2.76. The maximum atomic E-state index is 12.0. The van der Waals surface area contributed by atoms with Crippen LogP contribution in [-0.2, 0) is 4.79 Å². The normalized spacial score (nSPS) is 24.6. The van der Waals surface area contributed by atoms with Gasteiger partial charge in [0.15, 0.2) is 0 Å². The Morgan fingerprint density at radius 1 is 1.33 bits per heavy atom. The standard InChI is InChI=1S/C14H27N3O/c1-11(10-17-5-3-4-6-17)7-16-14(18)12(2)13-8-15-9-13/h11-13,15H,3-10H2,1-2H3,(H,16,18). The van der Waals surface area contributed by atoms with Crippen LogP contribution < -0.4 is 10.6 Å². The monoisotopic (exact) mass is 253 g/mol. The third kappa shape index (κ3) is 3.69. The quantitative estimate of drug-likeness (QED) is 0.732. The second-order valence-electron chi connectivity index (χ2n) is 6.07. The molecule has 1 amide bonds. The van der Waals surface area contributed by atoms with Crippen molar-refractivity contribution in [3.05, 3.63) is 0 Å². The molecule has 18 heavy (non-hydrogen) atoms. The molecule has 2 unspecified atom stereocenters. The fourth-order valence-electron chi connectivity index (χ4n) is 2.78. The summed E-state index contributed by atoms with van der Waals surface area (Å²) in [5, 5.41) is 6.34. The van der Waals surface area contributed by atoms with Gasteiger partial charge in [-0.25, -0.2) is 0 Å². The van der Waals surface area contributed by atoms with Crippen LogP contribution in [0.3, 0.4) is 0 Å². The van der Waals surface area contributed by atoms with Crippen LogP contribution in [0.25, 0.3) is 0 Å². The summed E-state index contributed by atoms with van der Waals surface area (Å²) in [5.41, 5.74) is 0. The maximum absolute atomic E-state index is 12.0. The summed E-state index contributed by atoms with van der Waals surface area (Å²) in [6.07, 6.45) is 2.68. The molecule has 2 fully saturated rings. The Bertz CT molecular complexity index is 272. The van der Waals surface area contributed by atoms with Gasteiger partial charge in [-0.3, -0.25) is 4.79 Å². The maximum Gasteiger partial charge on any atom is 0.223 e. The zero-order valence-corrected chi connectivity index (χ0v) is 11.7. The number of likely N-dealkylation sites (tertiary alicyclic amines) is 1. The summed E-state index contributed by atoms with van der Waals surface area (Å²) in [5.74, 6) is 1.48. The summed E-state index contributed by atoms with van der Waals surface area (Å²) in [4.78, 5) is 14.5. The van der Waals surface area contributed by atoms with Crippen molar-refractivity contribution in [3.8, 4) is 0 Å². The Morgan fingerprint density at radius 3 is 2.56 bits per heavy atom. The Morgan fingerprint density at radius 2 is 2.00 bits per heavy atom. The number of rotatable bonds is 6. The van der Waals surface area contributed by atoms with Gasteiger partial charge in [-0.15, -0.1) is 0 Å². The molecule has 0 aliphatic carbocycles.